The molecule has 1 saturated heterocycles. The fourth-order valence-corrected chi connectivity index (χ4v) is 2.19. The number of carbonyl (C=O) groups excluding carboxylic acids is 1. The van der Waals surface area contributed by atoms with Gasteiger partial charge in [-0.15, -0.1) is 0 Å². The Labute approximate surface area is 104 Å². The number of carbonyl (C=O) groups is 1. The second-order valence-electron chi connectivity index (χ2n) is 5.25. The van der Waals surface area contributed by atoms with Crippen molar-refractivity contribution in [1.29, 1.82) is 0 Å². The Morgan fingerprint density at radius 1 is 1.53 bits per heavy atom. The molecule has 4 heteroatoms. The number of hydrogen-bond acceptors (Lipinski definition) is 2. The quantitative estimate of drug-likeness (QED) is 0.775. The van der Waals surface area contributed by atoms with E-state index in [4.69, 9.17) is 0 Å². The largest absolute Gasteiger partial charge is 0.353 e. The van der Waals surface area contributed by atoms with Gasteiger partial charge in [0.15, 0.2) is 0 Å². The molecule has 0 bridgehead atoms. The van der Waals surface area contributed by atoms with Crippen LogP contribution < -0.4 is 5.32 Å². The Kier molecular flexibility index (Phi) is 5.89. The SMILES string of the molecule is CCC(=O)NC(CCN1CCC(F)C1)C(C)C. The van der Waals surface area contributed by atoms with E-state index in [1.54, 1.807) is 0 Å². The van der Waals surface area contributed by atoms with E-state index in [2.05, 4.69) is 24.1 Å². The summed E-state index contributed by atoms with van der Waals surface area (Å²) in [7, 11) is 0. The highest BCUT2D eigenvalue weighted by molar-refractivity contribution is 5.75. The third-order valence-corrected chi connectivity index (χ3v) is 3.44. The molecule has 2 atom stereocenters. The lowest BCUT2D eigenvalue weighted by Crippen LogP contribution is -2.40. The Hall–Kier alpha value is -0.640. The molecule has 1 rings (SSSR count). The molecule has 17 heavy (non-hydrogen) atoms. The van der Waals surface area contributed by atoms with Crippen LogP contribution in [-0.2, 0) is 4.79 Å². The van der Waals surface area contributed by atoms with Crippen LogP contribution in [0.25, 0.3) is 0 Å². The molecule has 1 aliphatic rings. The predicted molar refractivity (Wildman–Crippen MR) is 67.6 cm³/mol. The third-order valence-electron chi connectivity index (χ3n) is 3.44. The number of nitrogens with one attached hydrogen (secondary N) is 1. The molecule has 0 radical (unpaired) electrons. The fraction of sp³-hybridized carbons (Fsp3) is 0.923. The van der Waals surface area contributed by atoms with Gasteiger partial charge >= 0.3 is 0 Å². The first-order valence-corrected chi connectivity index (χ1v) is 6.68. The van der Waals surface area contributed by atoms with E-state index in [1.165, 1.54) is 0 Å². The van der Waals surface area contributed by atoms with E-state index in [0.717, 1.165) is 19.5 Å². The van der Waals surface area contributed by atoms with Crippen molar-refractivity contribution in [3.63, 3.8) is 0 Å². The summed E-state index contributed by atoms with van der Waals surface area (Å²) in [6, 6.07) is 0.209. The molecule has 100 valence electrons. The monoisotopic (exact) mass is 244 g/mol. The van der Waals surface area contributed by atoms with Crippen molar-refractivity contribution in [3.8, 4) is 0 Å². The second kappa shape index (κ2) is 6.94. The molecule has 0 saturated carbocycles. The van der Waals surface area contributed by atoms with Crippen LogP contribution in [0.3, 0.4) is 0 Å². The topological polar surface area (TPSA) is 32.3 Å². The summed E-state index contributed by atoms with van der Waals surface area (Å²) < 4.78 is 13.0. The Morgan fingerprint density at radius 3 is 2.71 bits per heavy atom. The fourth-order valence-electron chi connectivity index (χ4n) is 2.19. The summed E-state index contributed by atoms with van der Waals surface area (Å²) in [6.07, 6.45) is 1.45. The van der Waals surface area contributed by atoms with Gasteiger partial charge in [0, 0.05) is 32.1 Å². The highest BCUT2D eigenvalue weighted by Crippen LogP contribution is 2.14. The maximum absolute atomic E-state index is 13.0. The molecule has 3 nitrogen and oxygen atoms in total. The smallest absolute Gasteiger partial charge is 0.219 e. The molecule has 0 aromatic carbocycles. The second-order valence-corrected chi connectivity index (χ2v) is 5.25. The highest BCUT2D eigenvalue weighted by Gasteiger charge is 2.23. The van der Waals surface area contributed by atoms with Gasteiger partial charge in [-0.3, -0.25) is 4.79 Å². The molecule has 0 aromatic heterocycles. The molecular weight excluding hydrogens is 219 g/mol. The summed E-state index contributed by atoms with van der Waals surface area (Å²) in [5.74, 6) is 0.530. The third kappa shape index (κ3) is 5.02. The number of nitrogens with zero attached hydrogens (tertiary/aromatic N) is 1. The molecule has 1 aliphatic heterocycles. The lowest BCUT2D eigenvalue weighted by atomic mass is 10.0. The number of hydrogen-bond donors (Lipinski definition) is 1. The van der Waals surface area contributed by atoms with Crippen LogP contribution in [0.1, 0.15) is 40.0 Å². The van der Waals surface area contributed by atoms with Crippen LogP contribution in [0.15, 0.2) is 0 Å². The van der Waals surface area contributed by atoms with Gasteiger partial charge in [0.2, 0.25) is 5.91 Å². The van der Waals surface area contributed by atoms with Gasteiger partial charge < -0.3 is 10.2 Å². The maximum Gasteiger partial charge on any atom is 0.219 e. The summed E-state index contributed by atoms with van der Waals surface area (Å²) in [5, 5.41) is 3.04. The molecule has 0 aliphatic carbocycles. The minimum atomic E-state index is -0.655. The number of likely N-dealkylation sites (tertiary alicyclic amines) is 1. The van der Waals surface area contributed by atoms with Crippen LogP contribution >= 0.6 is 0 Å². The highest BCUT2D eigenvalue weighted by atomic mass is 19.1. The van der Waals surface area contributed by atoms with Crippen molar-refractivity contribution < 1.29 is 9.18 Å². The predicted octanol–water partition coefficient (Wildman–Crippen LogP) is 1.97. The van der Waals surface area contributed by atoms with Gasteiger partial charge in [-0.05, 0) is 18.8 Å². The first-order valence-electron chi connectivity index (χ1n) is 6.68. The Balaban J connectivity index is 2.31. The van der Waals surface area contributed by atoms with Crippen LogP contribution in [0.5, 0.6) is 0 Å². The van der Waals surface area contributed by atoms with Crippen molar-refractivity contribution in [3.05, 3.63) is 0 Å². The average molecular weight is 244 g/mol. The van der Waals surface area contributed by atoms with Crippen molar-refractivity contribution in [2.75, 3.05) is 19.6 Å². The Bertz CT molecular complexity index is 246. The number of rotatable bonds is 6. The molecule has 0 spiro atoms. The lowest BCUT2D eigenvalue weighted by Gasteiger charge is -2.25. The summed E-state index contributed by atoms with van der Waals surface area (Å²) in [5.41, 5.74) is 0. The first-order chi connectivity index (χ1) is 8.02. The van der Waals surface area contributed by atoms with E-state index in [0.29, 0.717) is 25.3 Å². The van der Waals surface area contributed by atoms with Gasteiger partial charge in [-0.25, -0.2) is 4.39 Å². The van der Waals surface area contributed by atoms with E-state index in [9.17, 15) is 9.18 Å². The molecule has 2 unspecified atom stereocenters. The van der Waals surface area contributed by atoms with Crippen molar-refractivity contribution >= 4 is 5.91 Å². The van der Waals surface area contributed by atoms with Gasteiger partial charge in [-0.1, -0.05) is 20.8 Å². The van der Waals surface area contributed by atoms with E-state index < -0.39 is 6.17 Å². The Morgan fingerprint density at radius 2 is 2.24 bits per heavy atom. The number of amides is 1. The lowest BCUT2D eigenvalue weighted by molar-refractivity contribution is -0.121. The zero-order valence-corrected chi connectivity index (χ0v) is 11.2. The first kappa shape index (κ1) is 14.4. The van der Waals surface area contributed by atoms with E-state index >= 15 is 0 Å². The minimum absolute atomic E-state index is 0.105. The maximum atomic E-state index is 13.0. The number of halogens is 1. The zero-order valence-electron chi connectivity index (χ0n) is 11.2. The normalized spacial score (nSPS) is 23.0. The molecule has 0 aromatic rings. The molecule has 1 amide bonds. The van der Waals surface area contributed by atoms with Crippen LogP contribution in [0.4, 0.5) is 4.39 Å². The molecular formula is C13H25FN2O. The minimum Gasteiger partial charge on any atom is -0.353 e. The van der Waals surface area contributed by atoms with Crippen molar-refractivity contribution in [2.24, 2.45) is 5.92 Å². The van der Waals surface area contributed by atoms with Gasteiger partial charge in [-0.2, -0.15) is 0 Å². The van der Waals surface area contributed by atoms with E-state index in [1.807, 2.05) is 6.92 Å². The van der Waals surface area contributed by atoms with Gasteiger partial charge in [0.05, 0.1) is 0 Å². The van der Waals surface area contributed by atoms with Crippen molar-refractivity contribution in [2.45, 2.75) is 52.2 Å². The van der Waals surface area contributed by atoms with E-state index in [-0.39, 0.29) is 11.9 Å². The molecule has 1 N–H and O–H groups in total. The summed E-state index contributed by atoms with van der Waals surface area (Å²) in [6.45, 7) is 8.39. The zero-order chi connectivity index (χ0) is 12.8. The van der Waals surface area contributed by atoms with Gasteiger partial charge in [0.1, 0.15) is 6.17 Å². The standard InChI is InChI=1S/C13H25FN2O/c1-4-13(17)15-12(10(2)3)6-8-16-7-5-11(14)9-16/h10-12H,4-9H2,1-3H3,(H,15,17). The van der Waals surface area contributed by atoms with Crippen molar-refractivity contribution in [1.82, 2.24) is 10.2 Å². The summed E-state index contributed by atoms with van der Waals surface area (Å²) >= 11 is 0. The van der Waals surface area contributed by atoms with Crippen LogP contribution in [0, 0.1) is 5.92 Å². The average Bonchev–Trinajstić information content (AvgIpc) is 2.69. The molecule has 1 heterocycles. The van der Waals surface area contributed by atoms with Crippen LogP contribution in [-0.4, -0.2) is 42.7 Å². The van der Waals surface area contributed by atoms with Crippen LogP contribution in [0.2, 0.25) is 0 Å². The summed E-state index contributed by atoms with van der Waals surface area (Å²) in [4.78, 5) is 13.5. The number of alkyl halides is 1. The molecule has 1 fully saturated rings. The van der Waals surface area contributed by atoms with Gasteiger partial charge in [0.25, 0.3) is 0 Å².